The highest BCUT2D eigenvalue weighted by molar-refractivity contribution is 8.00. The maximum Gasteiger partial charge on any atom is 0.237 e. The van der Waals surface area contributed by atoms with Gasteiger partial charge in [0.25, 0.3) is 0 Å². The molecular weight excluding hydrogens is 379 g/mol. The van der Waals surface area contributed by atoms with Gasteiger partial charge < -0.3 is 14.6 Å². The van der Waals surface area contributed by atoms with E-state index in [1.165, 1.54) is 23.9 Å². The molecule has 1 unspecified atom stereocenters. The number of anilines is 1. The summed E-state index contributed by atoms with van der Waals surface area (Å²) in [5, 5.41) is 11.3. The lowest BCUT2D eigenvalue weighted by molar-refractivity contribution is -0.115. The monoisotopic (exact) mass is 400 g/mol. The molecule has 0 aliphatic carbocycles. The van der Waals surface area contributed by atoms with Gasteiger partial charge in [0, 0.05) is 12.1 Å². The summed E-state index contributed by atoms with van der Waals surface area (Å²) >= 11 is 1.28. The zero-order valence-corrected chi connectivity index (χ0v) is 16.7. The Morgan fingerprint density at radius 2 is 1.93 bits per heavy atom. The number of carbonyl (C=O) groups excluding carboxylic acids is 1. The molecule has 0 fully saturated rings. The van der Waals surface area contributed by atoms with E-state index in [9.17, 15) is 9.18 Å². The van der Waals surface area contributed by atoms with E-state index in [0.717, 1.165) is 17.1 Å². The first-order chi connectivity index (χ1) is 13.5. The molecule has 1 atom stereocenters. The Labute approximate surface area is 167 Å². The highest BCUT2D eigenvalue weighted by atomic mass is 32.2. The number of thioether (sulfide) groups is 1. The molecule has 0 aliphatic rings. The predicted molar refractivity (Wildman–Crippen MR) is 108 cm³/mol. The number of hydrogen-bond donors (Lipinski definition) is 1. The Bertz CT molecular complexity index is 959. The third kappa shape index (κ3) is 4.33. The van der Waals surface area contributed by atoms with Crippen LogP contribution in [0.15, 0.2) is 53.7 Å². The number of halogens is 1. The molecule has 1 heterocycles. The van der Waals surface area contributed by atoms with Gasteiger partial charge in [0.1, 0.15) is 11.6 Å². The number of methoxy groups -OCH3 is 1. The number of aromatic nitrogens is 3. The van der Waals surface area contributed by atoms with Crippen molar-refractivity contribution in [1.29, 1.82) is 0 Å². The summed E-state index contributed by atoms with van der Waals surface area (Å²) in [6.45, 7) is 4.39. The Balaban J connectivity index is 1.75. The molecule has 0 saturated heterocycles. The summed E-state index contributed by atoms with van der Waals surface area (Å²) in [5.74, 6) is 0.715. The number of carbonyl (C=O) groups is 1. The molecular formula is C20H21FN4O2S. The first-order valence-electron chi connectivity index (χ1n) is 8.83. The molecule has 2 aromatic carbocycles. The fourth-order valence-electron chi connectivity index (χ4n) is 2.62. The van der Waals surface area contributed by atoms with Crippen molar-refractivity contribution in [3.63, 3.8) is 0 Å². The lowest BCUT2D eigenvalue weighted by Gasteiger charge is -2.13. The number of para-hydroxylation sites is 1. The largest absolute Gasteiger partial charge is 0.497 e. The smallest absolute Gasteiger partial charge is 0.237 e. The molecule has 3 rings (SSSR count). The summed E-state index contributed by atoms with van der Waals surface area (Å²) in [6, 6.07) is 13.6. The minimum Gasteiger partial charge on any atom is -0.497 e. The van der Waals surface area contributed by atoms with E-state index in [-0.39, 0.29) is 11.6 Å². The maximum atomic E-state index is 13.7. The molecule has 1 N–H and O–H groups in total. The second-order valence-corrected chi connectivity index (χ2v) is 7.32. The van der Waals surface area contributed by atoms with E-state index in [1.54, 1.807) is 26.2 Å². The summed E-state index contributed by atoms with van der Waals surface area (Å²) in [6.07, 6.45) is 0. The molecule has 0 saturated carbocycles. The van der Waals surface area contributed by atoms with Crippen LogP contribution in [0.5, 0.6) is 5.75 Å². The Morgan fingerprint density at radius 3 is 2.57 bits per heavy atom. The molecule has 28 heavy (non-hydrogen) atoms. The normalized spacial score (nSPS) is 11.9. The van der Waals surface area contributed by atoms with Gasteiger partial charge in [-0.3, -0.25) is 4.79 Å². The Morgan fingerprint density at radius 1 is 1.21 bits per heavy atom. The Kier molecular flexibility index (Phi) is 6.30. The van der Waals surface area contributed by atoms with E-state index < -0.39 is 11.1 Å². The molecule has 0 spiro atoms. The fourth-order valence-corrected chi connectivity index (χ4v) is 3.54. The minimum atomic E-state index is -0.474. The molecule has 0 aliphatic heterocycles. The van der Waals surface area contributed by atoms with Gasteiger partial charge in [-0.1, -0.05) is 23.9 Å². The van der Waals surface area contributed by atoms with Crippen molar-refractivity contribution in [1.82, 2.24) is 14.8 Å². The maximum absolute atomic E-state index is 13.7. The van der Waals surface area contributed by atoms with Gasteiger partial charge in [0.05, 0.1) is 18.0 Å². The van der Waals surface area contributed by atoms with Gasteiger partial charge in [-0.2, -0.15) is 0 Å². The molecule has 8 heteroatoms. The van der Waals surface area contributed by atoms with Crippen molar-refractivity contribution in [2.75, 3.05) is 12.4 Å². The van der Waals surface area contributed by atoms with Crippen molar-refractivity contribution >= 4 is 23.4 Å². The third-order valence-corrected chi connectivity index (χ3v) is 5.24. The van der Waals surface area contributed by atoms with Gasteiger partial charge in [-0.25, -0.2) is 4.39 Å². The standard InChI is InChI=1S/C20H21FN4O2S/c1-4-25-18(14-9-11-15(27-3)12-10-14)23-24-20(25)28-13(2)19(26)22-17-8-6-5-7-16(17)21/h5-13H,4H2,1-3H3,(H,22,26). The van der Waals surface area contributed by atoms with Crippen LogP contribution in [0, 0.1) is 5.82 Å². The highest BCUT2D eigenvalue weighted by Crippen LogP contribution is 2.28. The molecule has 0 bridgehead atoms. The van der Waals surface area contributed by atoms with Crippen molar-refractivity contribution in [3.8, 4) is 17.1 Å². The molecule has 0 radical (unpaired) electrons. The minimum absolute atomic E-state index is 0.163. The zero-order chi connectivity index (χ0) is 20.1. The van der Waals surface area contributed by atoms with Crippen LogP contribution in [-0.4, -0.2) is 33.0 Å². The van der Waals surface area contributed by atoms with Gasteiger partial charge in [-0.15, -0.1) is 10.2 Å². The first-order valence-corrected chi connectivity index (χ1v) is 9.71. The number of amides is 1. The highest BCUT2D eigenvalue weighted by Gasteiger charge is 2.21. The van der Waals surface area contributed by atoms with Crippen LogP contribution in [0.2, 0.25) is 0 Å². The summed E-state index contributed by atoms with van der Waals surface area (Å²) in [5.41, 5.74) is 1.07. The lowest BCUT2D eigenvalue weighted by Crippen LogP contribution is -2.23. The second kappa shape index (κ2) is 8.88. The van der Waals surface area contributed by atoms with Crippen LogP contribution in [0.25, 0.3) is 11.4 Å². The molecule has 1 amide bonds. The summed E-state index contributed by atoms with van der Waals surface area (Å²) in [7, 11) is 1.62. The third-order valence-electron chi connectivity index (χ3n) is 4.16. The van der Waals surface area contributed by atoms with Crippen molar-refractivity contribution < 1.29 is 13.9 Å². The summed E-state index contributed by atoms with van der Waals surface area (Å²) in [4.78, 5) is 12.4. The van der Waals surface area contributed by atoms with Crippen molar-refractivity contribution in [3.05, 3.63) is 54.3 Å². The summed E-state index contributed by atoms with van der Waals surface area (Å²) < 4.78 is 20.9. The SMILES string of the molecule is CCn1c(SC(C)C(=O)Nc2ccccc2F)nnc1-c1ccc(OC)cc1. The average Bonchev–Trinajstić information content (AvgIpc) is 3.12. The zero-order valence-electron chi connectivity index (χ0n) is 15.8. The Hall–Kier alpha value is -2.87. The molecule has 1 aromatic heterocycles. The second-order valence-electron chi connectivity index (χ2n) is 6.01. The van der Waals surface area contributed by atoms with E-state index in [0.29, 0.717) is 11.7 Å². The van der Waals surface area contributed by atoms with Gasteiger partial charge in [0.2, 0.25) is 5.91 Å². The fraction of sp³-hybridized carbons (Fsp3) is 0.250. The van der Waals surface area contributed by atoms with Crippen LogP contribution in [0.1, 0.15) is 13.8 Å². The molecule has 3 aromatic rings. The van der Waals surface area contributed by atoms with Crippen LogP contribution >= 0.6 is 11.8 Å². The van der Waals surface area contributed by atoms with Crippen molar-refractivity contribution in [2.24, 2.45) is 0 Å². The molecule has 146 valence electrons. The number of ether oxygens (including phenoxy) is 1. The lowest BCUT2D eigenvalue weighted by atomic mass is 10.2. The topological polar surface area (TPSA) is 69.0 Å². The van der Waals surface area contributed by atoms with Gasteiger partial charge >= 0.3 is 0 Å². The van der Waals surface area contributed by atoms with E-state index in [4.69, 9.17) is 4.74 Å². The first kappa shape index (κ1) is 19.9. The van der Waals surface area contributed by atoms with E-state index in [2.05, 4.69) is 15.5 Å². The van der Waals surface area contributed by atoms with Crippen LogP contribution in [0.3, 0.4) is 0 Å². The number of nitrogens with one attached hydrogen (secondary N) is 1. The van der Waals surface area contributed by atoms with Crippen LogP contribution in [0.4, 0.5) is 10.1 Å². The van der Waals surface area contributed by atoms with E-state index in [1.807, 2.05) is 35.8 Å². The van der Waals surface area contributed by atoms with E-state index >= 15 is 0 Å². The van der Waals surface area contributed by atoms with Gasteiger partial charge in [0.15, 0.2) is 11.0 Å². The number of nitrogens with zero attached hydrogens (tertiary/aromatic N) is 3. The predicted octanol–water partition coefficient (Wildman–Crippen LogP) is 4.23. The van der Waals surface area contributed by atoms with Crippen LogP contribution < -0.4 is 10.1 Å². The molecule has 6 nitrogen and oxygen atoms in total. The number of rotatable bonds is 7. The van der Waals surface area contributed by atoms with Gasteiger partial charge in [-0.05, 0) is 50.2 Å². The number of benzene rings is 2. The quantitative estimate of drug-likeness (QED) is 0.601. The average molecular weight is 400 g/mol. The van der Waals surface area contributed by atoms with Crippen LogP contribution in [-0.2, 0) is 11.3 Å². The number of hydrogen-bond acceptors (Lipinski definition) is 5. The van der Waals surface area contributed by atoms with Crippen molar-refractivity contribution in [2.45, 2.75) is 30.8 Å².